The molecule has 3 nitrogen and oxygen atoms in total. The van der Waals surface area contributed by atoms with Crippen molar-refractivity contribution in [1.29, 1.82) is 0 Å². The maximum absolute atomic E-state index is 10.9. The molecule has 2 radical (unpaired) electrons. The van der Waals surface area contributed by atoms with E-state index in [0.717, 1.165) is 0 Å². The Hall–Kier alpha value is -1.03. The summed E-state index contributed by atoms with van der Waals surface area (Å²) in [5, 5.41) is 0.183. The molecule has 5 heteroatoms. The van der Waals surface area contributed by atoms with Crippen molar-refractivity contribution in [2.75, 3.05) is 7.11 Å². The largest absolute Gasteiger partial charge is 0.465 e. The van der Waals surface area contributed by atoms with Gasteiger partial charge in [-0.25, -0.2) is 9.78 Å². The molecule has 0 aromatic carbocycles. The molecule has 60 valence electrons. The van der Waals surface area contributed by atoms with E-state index in [2.05, 4.69) is 9.72 Å². The van der Waals surface area contributed by atoms with Crippen LogP contribution >= 0.6 is 11.6 Å². The van der Waals surface area contributed by atoms with E-state index in [0.29, 0.717) is 5.56 Å². The summed E-state index contributed by atoms with van der Waals surface area (Å²) in [7, 11) is 6.70. The second kappa shape index (κ2) is 3.58. The summed E-state index contributed by atoms with van der Waals surface area (Å²) in [4.78, 5) is 14.6. The van der Waals surface area contributed by atoms with E-state index in [1.54, 1.807) is 0 Å². The number of hydrogen-bond donors (Lipinski definition) is 0. The molecule has 0 unspecified atom stereocenters. The Morgan fingerprint density at radius 2 is 2.42 bits per heavy atom. The molecule has 0 aliphatic rings. The van der Waals surface area contributed by atoms with Gasteiger partial charge in [-0.3, -0.25) is 0 Å². The average Bonchev–Trinajstić information content (AvgIpc) is 2.08. The highest BCUT2D eigenvalue weighted by atomic mass is 35.5. The summed E-state index contributed by atoms with van der Waals surface area (Å²) >= 11 is 5.54. The van der Waals surface area contributed by atoms with E-state index in [4.69, 9.17) is 19.4 Å². The van der Waals surface area contributed by atoms with Crippen molar-refractivity contribution in [3.63, 3.8) is 0 Å². The summed E-state index contributed by atoms with van der Waals surface area (Å²) in [5.41, 5.74) is 0.555. The molecule has 0 saturated carbocycles. The second-order valence-corrected chi connectivity index (χ2v) is 2.45. The Morgan fingerprint density at radius 1 is 1.75 bits per heavy atom. The summed E-state index contributed by atoms with van der Waals surface area (Å²) in [6.07, 6.45) is 1.31. The Kier molecular flexibility index (Phi) is 2.71. The fourth-order valence-corrected chi connectivity index (χ4v) is 0.798. The van der Waals surface area contributed by atoms with Gasteiger partial charge in [-0.05, 0) is 0 Å². The molecule has 1 aromatic heterocycles. The van der Waals surface area contributed by atoms with Gasteiger partial charge in [0.1, 0.15) is 13.0 Å². The highest BCUT2D eigenvalue weighted by molar-refractivity contribution is 6.44. The van der Waals surface area contributed by atoms with Gasteiger partial charge in [0.25, 0.3) is 0 Å². The quantitative estimate of drug-likeness (QED) is 0.356. The highest BCUT2D eigenvalue weighted by Gasteiger charge is 2.06. The second-order valence-electron chi connectivity index (χ2n) is 2.10. The van der Waals surface area contributed by atoms with Gasteiger partial charge in [0.2, 0.25) is 0 Å². The van der Waals surface area contributed by atoms with E-state index in [-0.39, 0.29) is 10.6 Å². The van der Waals surface area contributed by atoms with Gasteiger partial charge in [-0.1, -0.05) is 23.1 Å². The van der Waals surface area contributed by atoms with E-state index in [1.165, 1.54) is 19.4 Å². The minimum absolute atomic E-state index is 0.183. The van der Waals surface area contributed by atoms with Gasteiger partial charge in [-0.2, -0.15) is 0 Å². The number of pyridine rings is 1. The van der Waals surface area contributed by atoms with Crippen LogP contribution in [0.15, 0.2) is 12.3 Å². The van der Waals surface area contributed by atoms with Crippen LogP contribution in [0.1, 0.15) is 10.4 Å². The monoisotopic (exact) mass is 181 g/mol. The summed E-state index contributed by atoms with van der Waals surface area (Å²) < 4.78 is 4.45. The van der Waals surface area contributed by atoms with Gasteiger partial charge in [0, 0.05) is 6.20 Å². The van der Waals surface area contributed by atoms with Crippen molar-refractivity contribution in [2.24, 2.45) is 0 Å². The third kappa shape index (κ3) is 1.77. The predicted molar refractivity (Wildman–Crippen MR) is 46.0 cm³/mol. The van der Waals surface area contributed by atoms with Crippen LogP contribution in [0.2, 0.25) is 5.15 Å². The van der Waals surface area contributed by atoms with Crippen molar-refractivity contribution in [3.05, 3.63) is 23.0 Å². The van der Waals surface area contributed by atoms with Gasteiger partial charge in [0.05, 0.1) is 12.7 Å². The summed E-state index contributed by atoms with van der Waals surface area (Å²) in [6, 6.07) is 1.42. The molecule has 0 fully saturated rings. The highest BCUT2D eigenvalue weighted by Crippen LogP contribution is 2.02. The molecule has 0 amide bonds. The van der Waals surface area contributed by atoms with Gasteiger partial charge >= 0.3 is 5.97 Å². The molecule has 1 aromatic rings. The van der Waals surface area contributed by atoms with Crippen molar-refractivity contribution in [2.45, 2.75) is 0 Å². The third-order valence-electron chi connectivity index (χ3n) is 1.29. The zero-order valence-corrected chi connectivity index (χ0v) is 7.13. The van der Waals surface area contributed by atoms with E-state index in [9.17, 15) is 4.79 Å². The van der Waals surface area contributed by atoms with Gasteiger partial charge < -0.3 is 4.74 Å². The predicted octanol–water partition coefficient (Wildman–Crippen LogP) is 0.315. The molecule has 0 N–H and O–H groups in total. The number of esters is 1. The fraction of sp³-hybridized carbons (Fsp3) is 0.143. The first-order chi connectivity index (χ1) is 5.65. The van der Waals surface area contributed by atoms with Crippen LogP contribution < -0.4 is 5.46 Å². The minimum Gasteiger partial charge on any atom is -0.465 e. The molecule has 0 atom stereocenters. The van der Waals surface area contributed by atoms with Crippen molar-refractivity contribution in [3.8, 4) is 0 Å². The van der Waals surface area contributed by atoms with Crippen molar-refractivity contribution in [1.82, 2.24) is 4.98 Å². The number of carbonyl (C=O) groups is 1. The number of ether oxygens (including phenoxy) is 1. The minimum atomic E-state index is -0.481. The average molecular weight is 181 g/mol. The molecule has 0 saturated heterocycles. The Labute approximate surface area is 76.1 Å². The van der Waals surface area contributed by atoms with Crippen LogP contribution in [-0.4, -0.2) is 25.9 Å². The van der Waals surface area contributed by atoms with E-state index >= 15 is 0 Å². The smallest absolute Gasteiger partial charge is 0.339 e. The lowest BCUT2D eigenvalue weighted by atomic mass is 9.97. The van der Waals surface area contributed by atoms with E-state index in [1.807, 2.05) is 0 Å². The standard InChI is InChI=1S/C7H5BClNO2/c1-12-7(11)4-2-5(8)6(9)10-3-4/h2-3H,1H3. The van der Waals surface area contributed by atoms with Crippen molar-refractivity contribution < 1.29 is 9.53 Å². The zero-order valence-electron chi connectivity index (χ0n) is 6.37. The number of hydrogen-bond acceptors (Lipinski definition) is 3. The lowest BCUT2D eigenvalue weighted by molar-refractivity contribution is 0.0600. The molecule has 0 aliphatic carbocycles. The normalized spacial score (nSPS) is 9.50. The molecule has 1 rings (SSSR count). The number of methoxy groups -OCH3 is 1. The molecular weight excluding hydrogens is 176 g/mol. The lowest BCUT2D eigenvalue weighted by Crippen LogP contribution is -2.11. The third-order valence-corrected chi connectivity index (χ3v) is 1.60. The van der Waals surface area contributed by atoms with E-state index < -0.39 is 5.97 Å². The fourth-order valence-electron chi connectivity index (χ4n) is 0.695. The summed E-state index contributed by atoms with van der Waals surface area (Å²) in [5.74, 6) is -0.481. The number of rotatable bonds is 1. The first kappa shape index (κ1) is 9.07. The first-order valence-corrected chi connectivity index (χ1v) is 3.52. The molecule has 0 aliphatic heterocycles. The van der Waals surface area contributed by atoms with Crippen LogP contribution in [0.5, 0.6) is 0 Å². The molecule has 12 heavy (non-hydrogen) atoms. The first-order valence-electron chi connectivity index (χ1n) is 3.14. The molecular formula is C7H5BClNO2. The van der Waals surface area contributed by atoms with Gasteiger partial charge in [0.15, 0.2) is 0 Å². The maximum atomic E-state index is 10.9. The van der Waals surface area contributed by atoms with Crippen LogP contribution in [0, 0.1) is 0 Å². The van der Waals surface area contributed by atoms with Crippen LogP contribution in [0.25, 0.3) is 0 Å². The lowest BCUT2D eigenvalue weighted by Gasteiger charge is -2.00. The molecule has 1 heterocycles. The van der Waals surface area contributed by atoms with Crippen LogP contribution in [0.3, 0.4) is 0 Å². The van der Waals surface area contributed by atoms with Crippen molar-refractivity contribution >= 4 is 30.9 Å². The van der Waals surface area contributed by atoms with Crippen LogP contribution in [0.4, 0.5) is 0 Å². The molecule has 0 bridgehead atoms. The van der Waals surface area contributed by atoms with Gasteiger partial charge in [-0.15, -0.1) is 0 Å². The number of aromatic nitrogens is 1. The number of carbonyl (C=O) groups excluding carboxylic acids is 1. The van der Waals surface area contributed by atoms with Crippen LogP contribution in [-0.2, 0) is 4.74 Å². The number of nitrogens with zero attached hydrogens (tertiary/aromatic N) is 1. The maximum Gasteiger partial charge on any atom is 0.339 e. The Balaban J connectivity index is 3.05. The molecule has 0 spiro atoms. The number of halogens is 1. The topological polar surface area (TPSA) is 39.2 Å². The Morgan fingerprint density at radius 3 is 2.92 bits per heavy atom. The Bertz CT molecular complexity index is 316. The SMILES string of the molecule is [B]c1cc(C(=O)OC)cnc1Cl. The zero-order chi connectivity index (χ0) is 9.14. The summed E-state index contributed by atoms with van der Waals surface area (Å²) in [6.45, 7) is 0.